The normalized spacial score (nSPS) is 15.8. The van der Waals surface area contributed by atoms with E-state index in [2.05, 4.69) is 27.9 Å². The Kier molecular flexibility index (Phi) is 5.94. The van der Waals surface area contributed by atoms with Crippen LogP contribution in [0.25, 0.3) is 11.4 Å². The summed E-state index contributed by atoms with van der Waals surface area (Å²) in [7, 11) is 0. The molecule has 2 aromatic carbocycles. The van der Waals surface area contributed by atoms with Gasteiger partial charge < -0.3 is 14.2 Å². The zero-order chi connectivity index (χ0) is 20.1. The molecule has 3 aromatic rings. The molecule has 1 fully saturated rings. The molecular formula is C24H27N3O2. The second kappa shape index (κ2) is 8.95. The molecule has 0 aliphatic carbocycles. The number of piperidine rings is 1. The van der Waals surface area contributed by atoms with E-state index in [0.717, 1.165) is 49.6 Å². The molecule has 1 aliphatic heterocycles. The Morgan fingerprint density at radius 3 is 2.41 bits per heavy atom. The average Bonchev–Trinajstić information content (AvgIpc) is 3.23. The predicted octanol–water partition coefficient (Wildman–Crippen LogP) is 4.26. The fourth-order valence-corrected chi connectivity index (χ4v) is 3.93. The molecular weight excluding hydrogens is 362 g/mol. The smallest absolute Gasteiger partial charge is 0.263 e. The summed E-state index contributed by atoms with van der Waals surface area (Å²) in [5, 5.41) is 0. The summed E-state index contributed by atoms with van der Waals surface area (Å²) in [6.45, 7) is 4.32. The summed E-state index contributed by atoms with van der Waals surface area (Å²) in [6.07, 6.45) is 5.44. The van der Waals surface area contributed by atoms with Crippen molar-refractivity contribution < 1.29 is 9.53 Å². The number of likely N-dealkylation sites (tertiary alicyclic amines) is 1. The average molecular weight is 389 g/mol. The van der Waals surface area contributed by atoms with E-state index >= 15 is 0 Å². The first-order chi connectivity index (χ1) is 14.2. The number of carbonyl (C=O) groups is 1. The van der Waals surface area contributed by atoms with E-state index in [-0.39, 0.29) is 5.91 Å². The van der Waals surface area contributed by atoms with Crippen molar-refractivity contribution in [3.8, 4) is 17.1 Å². The highest BCUT2D eigenvalue weighted by molar-refractivity contribution is 5.81. The molecule has 1 aliphatic rings. The van der Waals surface area contributed by atoms with Crippen LogP contribution in [0.3, 0.4) is 0 Å². The molecule has 150 valence electrons. The molecule has 0 unspecified atom stereocenters. The van der Waals surface area contributed by atoms with Gasteiger partial charge in [0.05, 0.1) is 0 Å². The first-order valence-electron chi connectivity index (χ1n) is 10.3. The van der Waals surface area contributed by atoms with Crippen molar-refractivity contribution in [2.24, 2.45) is 5.92 Å². The van der Waals surface area contributed by atoms with E-state index in [4.69, 9.17) is 4.74 Å². The summed E-state index contributed by atoms with van der Waals surface area (Å²) in [5.41, 5.74) is 1.14. The van der Waals surface area contributed by atoms with Crippen molar-refractivity contribution in [3.63, 3.8) is 0 Å². The van der Waals surface area contributed by atoms with Crippen LogP contribution < -0.4 is 4.74 Å². The van der Waals surface area contributed by atoms with Gasteiger partial charge in [0.25, 0.3) is 5.91 Å². The Morgan fingerprint density at radius 1 is 1.07 bits per heavy atom. The van der Waals surface area contributed by atoms with Crippen LogP contribution in [0.15, 0.2) is 73.1 Å². The third-order valence-corrected chi connectivity index (χ3v) is 5.53. The van der Waals surface area contributed by atoms with Gasteiger partial charge in [-0.1, -0.05) is 48.5 Å². The van der Waals surface area contributed by atoms with Gasteiger partial charge in [0.15, 0.2) is 6.10 Å². The fourth-order valence-electron chi connectivity index (χ4n) is 3.93. The SMILES string of the molecule is C[C@H](Oc1ccccc1)C(=O)N1CCC(Cn2ccnc2-c2ccccc2)CC1. The Balaban J connectivity index is 1.31. The molecule has 0 spiro atoms. The van der Waals surface area contributed by atoms with Crippen molar-refractivity contribution in [3.05, 3.63) is 73.1 Å². The van der Waals surface area contributed by atoms with Crippen molar-refractivity contribution in [1.82, 2.24) is 14.5 Å². The number of aromatic nitrogens is 2. The molecule has 1 atom stereocenters. The van der Waals surface area contributed by atoms with Gasteiger partial charge in [0, 0.05) is 37.6 Å². The molecule has 0 radical (unpaired) electrons. The van der Waals surface area contributed by atoms with Crippen LogP contribution >= 0.6 is 0 Å². The van der Waals surface area contributed by atoms with Crippen molar-refractivity contribution in [2.45, 2.75) is 32.4 Å². The summed E-state index contributed by atoms with van der Waals surface area (Å²) in [5.74, 6) is 2.35. The molecule has 0 bridgehead atoms. The number of ether oxygens (including phenoxy) is 1. The minimum absolute atomic E-state index is 0.0694. The van der Waals surface area contributed by atoms with Gasteiger partial charge in [-0.3, -0.25) is 4.79 Å². The van der Waals surface area contributed by atoms with Crippen molar-refractivity contribution in [1.29, 1.82) is 0 Å². The van der Waals surface area contributed by atoms with Gasteiger partial charge in [-0.15, -0.1) is 0 Å². The molecule has 1 amide bonds. The van der Waals surface area contributed by atoms with Crippen LogP contribution in [-0.4, -0.2) is 39.6 Å². The maximum Gasteiger partial charge on any atom is 0.263 e. The zero-order valence-electron chi connectivity index (χ0n) is 16.8. The Labute approximate surface area is 171 Å². The monoisotopic (exact) mass is 389 g/mol. The largest absolute Gasteiger partial charge is 0.481 e. The zero-order valence-corrected chi connectivity index (χ0v) is 16.8. The third-order valence-electron chi connectivity index (χ3n) is 5.53. The first-order valence-corrected chi connectivity index (χ1v) is 10.3. The highest BCUT2D eigenvalue weighted by atomic mass is 16.5. The van der Waals surface area contributed by atoms with E-state index in [1.54, 1.807) is 0 Å². The van der Waals surface area contributed by atoms with E-state index in [1.807, 2.05) is 66.6 Å². The number of rotatable bonds is 6. The minimum Gasteiger partial charge on any atom is -0.481 e. The quantitative estimate of drug-likeness (QED) is 0.633. The van der Waals surface area contributed by atoms with Gasteiger partial charge in [-0.25, -0.2) is 4.98 Å². The molecule has 5 heteroatoms. The molecule has 5 nitrogen and oxygen atoms in total. The number of hydrogen-bond acceptors (Lipinski definition) is 3. The summed E-state index contributed by atoms with van der Waals surface area (Å²) >= 11 is 0. The maximum atomic E-state index is 12.8. The highest BCUT2D eigenvalue weighted by Crippen LogP contribution is 2.24. The molecule has 4 rings (SSSR count). The fraction of sp³-hybridized carbons (Fsp3) is 0.333. The summed E-state index contributed by atoms with van der Waals surface area (Å²) < 4.78 is 8.04. The Morgan fingerprint density at radius 2 is 1.72 bits per heavy atom. The predicted molar refractivity (Wildman–Crippen MR) is 113 cm³/mol. The van der Waals surface area contributed by atoms with Crippen LogP contribution in [0, 0.1) is 5.92 Å². The standard InChI is InChI=1S/C24H27N3O2/c1-19(29-22-10-6-3-7-11-22)24(28)26-15-12-20(13-16-26)18-27-17-14-25-23(27)21-8-4-2-5-9-21/h2-11,14,17,19-20H,12-13,15-16,18H2,1H3/t19-/m0/s1. The van der Waals surface area contributed by atoms with Crippen LogP contribution in [0.4, 0.5) is 0 Å². The van der Waals surface area contributed by atoms with Crippen LogP contribution in [0.2, 0.25) is 0 Å². The van der Waals surface area contributed by atoms with Gasteiger partial charge in [-0.2, -0.15) is 0 Å². The minimum atomic E-state index is -0.465. The van der Waals surface area contributed by atoms with Gasteiger partial charge >= 0.3 is 0 Å². The molecule has 0 N–H and O–H groups in total. The lowest BCUT2D eigenvalue weighted by Crippen LogP contribution is -2.45. The van der Waals surface area contributed by atoms with Gasteiger partial charge in [0.1, 0.15) is 11.6 Å². The summed E-state index contributed by atoms with van der Waals surface area (Å²) in [4.78, 5) is 19.2. The van der Waals surface area contributed by atoms with Crippen molar-refractivity contribution >= 4 is 5.91 Å². The number of amides is 1. The van der Waals surface area contributed by atoms with Crippen molar-refractivity contribution in [2.75, 3.05) is 13.1 Å². The first kappa shape index (κ1) is 19.2. The number of imidazole rings is 1. The molecule has 1 saturated heterocycles. The number of carbonyl (C=O) groups excluding carboxylic acids is 1. The number of hydrogen-bond donors (Lipinski definition) is 0. The lowest BCUT2D eigenvalue weighted by molar-refractivity contribution is -0.139. The second-order valence-corrected chi connectivity index (χ2v) is 7.61. The number of nitrogens with zero attached hydrogens (tertiary/aromatic N) is 3. The molecule has 2 heterocycles. The molecule has 1 aromatic heterocycles. The number of benzene rings is 2. The lowest BCUT2D eigenvalue weighted by atomic mass is 9.96. The summed E-state index contributed by atoms with van der Waals surface area (Å²) in [6, 6.07) is 19.8. The molecule has 0 saturated carbocycles. The lowest BCUT2D eigenvalue weighted by Gasteiger charge is -2.33. The van der Waals surface area contributed by atoms with Crippen LogP contribution in [0.5, 0.6) is 5.75 Å². The highest BCUT2D eigenvalue weighted by Gasteiger charge is 2.27. The van der Waals surface area contributed by atoms with E-state index in [1.165, 1.54) is 0 Å². The molecule has 29 heavy (non-hydrogen) atoms. The van der Waals surface area contributed by atoms with Crippen LogP contribution in [0.1, 0.15) is 19.8 Å². The van der Waals surface area contributed by atoms with E-state index in [9.17, 15) is 4.79 Å². The third kappa shape index (κ3) is 4.67. The van der Waals surface area contributed by atoms with Gasteiger partial charge in [0.2, 0.25) is 0 Å². The maximum absolute atomic E-state index is 12.8. The topological polar surface area (TPSA) is 47.4 Å². The number of para-hydroxylation sites is 1. The van der Waals surface area contributed by atoms with Gasteiger partial charge in [-0.05, 0) is 37.8 Å². The second-order valence-electron chi connectivity index (χ2n) is 7.61. The van der Waals surface area contributed by atoms with E-state index in [0.29, 0.717) is 5.92 Å². The van der Waals surface area contributed by atoms with E-state index < -0.39 is 6.10 Å². The van der Waals surface area contributed by atoms with Crippen LogP contribution in [-0.2, 0) is 11.3 Å². The Hall–Kier alpha value is -3.08. The Bertz CT molecular complexity index is 916.